The van der Waals surface area contributed by atoms with E-state index in [1.54, 1.807) is 0 Å². The molecule has 6 heteroatoms. The lowest BCUT2D eigenvalue weighted by Gasteiger charge is -2.22. The number of hydrogen-bond donors (Lipinski definition) is 2. The molecule has 1 aromatic heterocycles. The van der Waals surface area contributed by atoms with Gasteiger partial charge in [-0.3, -0.25) is 0 Å². The Bertz CT molecular complexity index is 363. The van der Waals surface area contributed by atoms with Crippen molar-refractivity contribution in [2.45, 2.75) is 12.3 Å². The zero-order valence-corrected chi connectivity index (χ0v) is 10.3. The SMILES string of the molecule is OCCN(CCO)c1cc(C2CCOC2)ncn1. The minimum Gasteiger partial charge on any atom is -0.395 e. The highest BCUT2D eigenvalue weighted by Gasteiger charge is 2.20. The maximum Gasteiger partial charge on any atom is 0.132 e. The quantitative estimate of drug-likeness (QED) is 0.729. The van der Waals surface area contributed by atoms with E-state index < -0.39 is 0 Å². The summed E-state index contributed by atoms with van der Waals surface area (Å²) in [6.45, 7) is 2.46. The van der Waals surface area contributed by atoms with E-state index in [0.717, 1.165) is 24.5 Å². The van der Waals surface area contributed by atoms with Crippen LogP contribution in [0.2, 0.25) is 0 Å². The van der Waals surface area contributed by atoms with Crippen molar-refractivity contribution in [2.24, 2.45) is 0 Å². The van der Waals surface area contributed by atoms with Gasteiger partial charge in [-0.1, -0.05) is 0 Å². The van der Waals surface area contributed by atoms with Crippen molar-refractivity contribution >= 4 is 5.82 Å². The van der Waals surface area contributed by atoms with Crippen LogP contribution in [0.15, 0.2) is 12.4 Å². The molecule has 0 bridgehead atoms. The Hall–Kier alpha value is -1.24. The summed E-state index contributed by atoms with van der Waals surface area (Å²) in [7, 11) is 0. The van der Waals surface area contributed by atoms with Crippen molar-refractivity contribution in [1.29, 1.82) is 0 Å². The average Bonchev–Trinajstić information content (AvgIpc) is 2.93. The van der Waals surface area contributed by atoms with E-state index in [1.807, 2.05) is 11.0 Å². The highest BCUT2D eigenvalue weighted by molar-refractivity contribution is 5.39. The highest BCUT2D eigenvalue weighted by atomic mass is 16.5. The van der Waals surface area contributed by atoms with Crippen LogP contribution in [0.5, 0.6) is 0 Å². The Kier molecular flexibility index (Phi) is 4.86. The zero-order chi connectivity index (χ0) is 12.8. The molecule has 1 atom stereocenters. The van der Waals surface area contributed by atoms with Gasteiger partial charge in [0, 0.05) is 31.7 Å². The second-order valence-electron chi connectivity index (χ2n) is 4.30. The summed E-state index contributed by atoms with van der Waals surface area (Å²) in [5.74, 6) is 1.08. The standard InChI is InChI=1S/C12H19N3O3/c16-4-2-15(3-5-17)12-7-11(13-9-14-12)10-1-6-18-8-10/h7,9-10,16-17H,1-6,8H2. The van der Waals surface area contributed by atoms with Crippen LogP contribution in [0.1, 0.15) is 18.0 Å². The number of aliphatic hydroxyl groups excluding tert-OH is 2. The number of rotatable bonds is 6. The Labute approximate surface area is 106 Å². The maximum absolute atomic E-state index is 9.02. The van der Waals surface area contributed by atoms with Crippen molar-refractivity contribution < 1.29 is 14.9 Å². The lowest BCUT2D eigenvalue weighted by atomic mass is 10.0. The Morgan fingerprint density at radius 1 is 1.28 bits per heavy atom. The average molecular weight is 253 g/mol. The lowest BCUT2D eigenvalue weighted by Crippen LogP contribution is -2.30. The van der Waals surface area contributed by atoms with Crippen LogP contribution in [0.25, 0.3) is 0 Å². The molecule has 0 aliphatic carbocycles. The molecule has 2 heterocycles. The summed E-state index contributed by atoms with van der Waals surface area (Å²) in [4.78, 5) is 10.3. The van der Waals surface area contributed by atoms with Crippen molar-refractivity contribution in [3.05, 3.63) is 18.1 Å². The summed E-state index contributed by atoms with van der Waals surface area (Å²) >= 11 is 0. The second kappa shape index (κ2) is 6.63. The van der Waals surface area contributed by atoms with E-state index in [9.17, 15) is 0 Å². The van der Waals surface area contributed by atoms with Gasteiger partial charge in [0.05, 0.1) is 25.5 Å². The molecular formula is C12H19N3O3. The molecule has 1 saturated heterocycles. The number of hydrogen-bond acceptors (Lipinski definition) is 6. The molecule has 0 aromatic carbocycles. The van der Waals surface area contributed by atoms with E-state index in [4.69, 9.17) is 14.9 Å². The van der Waals surface area contributed by atoms with Crippen LogP contribution in [0.3, 0.4) is 0 Å². The number of aromatic nitrogens is 2. The first-order valence-corrected chi connectivity index (χ1v) is 6.21. The molecule has 1 fully saturated rings. The van der Waals surface area contributed by atoms with Gasteiger partial charge in [0.2, 0.25) is 0 Å². The van der Waals surface area contributed by atoms with Gasteiger partial charge in [-0.15, -0.1) is 0 Å². The Morgan fingerprint density at radius 2 is 2.06 bits per heavy atom. The molecule has 0 amide bonds. The van der Waals surface area contributed by atoms with E-state index in [-0.39, 0.29) is 13.2 Å². The van der Waals surface area contributed by atoms with Gasteiger partial charge in [0.15, 0.2) is 0 Å². The van der Waals surface area contributed by atoms with Gasteiger partial charge in [-0.25, -0.2) is 9.97 Å². The van der Waals surface area contributed by atoms with Crippen LogP contribution in [0, 0.1) is 0 Å². The van der Waals surface area contributed by atoms with Crippen molar-refractivity contribution in [3.8, 4) is 0 Å². The predicted octanol–water partition coefficient (Wildman–Crippen LogP) is -0.229. The molecule has 0 saturated carbocycles. The lowest BCUT2D eigenvalue weighted by molar-refractivity contribution is 0.193. The van der Waals surface area contributed by atoms with E-state index in [1.165, 1.54) is 6.33 Å². The first kappa shape index (κ1) is 13.2. The van der Waals surface area contributed by atoms with Gasteiger partial charge in [0.25, 0.3) is 0 Å². The maximum atomic E-state index is 9.02. The zero-order valence-electron chi connectivity index (χ0n) is 10.3. The summed E-state index contributed by atoms with van der Waals surface area (Å²) in [6.07, 6.45) is 2.52. The minimum atomic E-state index is 0.0336. The van der Waals surface area contributed by atoms with Crippen LogP contribution >= 0.6 is 0 Å². The Balaban J connectivity index is 2.13. The molecule has 100 valence electrons. The first-order valence-electron chi connectivity index (χ1n) is 6.21. The predicted molar refractivity (Wildman–Crippen MR) is 66.6 cm³/mol. The minimum absolute atomic E-state index is 0.0336. The summed E-state index contributed by atoms with van der Waals surface area (Å²) in [6, 6.07) is 1.92. The van der Waals surface area contributed by atoms with Crippen LogP contribution in [0.4, 0.5) is 5.82 Å². The molecule has 0 spiro atoms. The normalized spacial score (nSPS) is 19.1. The third-order valence-electron chi connectivity index (χ3n) is 3.09. The number of ether oxygens (including phenoxy) is 1. The molecule has 0 radical (unpaired) electrons. The Morgan fingerprint density at radius 3 is 2.67 bits per heavy atom. The summed E-state index contributed by atoms with van der Waals surface area (Å²) in [5, 5.41) is 18.0. The molecule has 2 rings (SSSR count). The van der Waals surface area contributed by atoms with Crippen molar-refractivity contribution in [1.82, 2.24) is 9.97 Å². The molecule has 1 unspecified atom stereocenters. The fourth-order valence-corrected chi connectivity index (χ4v) is 2.11. The van der Waals surface area contributed by atoms with Gasteiger partial charge in [0.1, 0.15) is 12.1 Å². The molecule has 18 heavy (non-hydrogen) atoms. The molecular weight excluding hydrogens is 234 g/mol. The summed E-state index contributed by atoms with van der Waals surface area (Å²) < 4.78 is 5.35. The molecule has 1 aliphatic rings. The van der Waals surface area contributed by atoms with E-state index >= 15 is 0 Å². The van der Waals surface area contributed by atoms with Gasteiger partial charge in [-0.2, -0.15) is 0 Å². The molecule has 2 N–H and O–H groups in total. The van der Waals surface area contributed by atoms with Gasteiger partial charge in [-0.05, 0) is 6.42 Å². The summed E-state index contributed by atoms with van der Waals surface area (Å²) in [5.41, 5.74) is 0.971. The monoisotopic (exact) mass is 253 g/mol. The molecule has 6 nitrogen and oxygen atoms in total. The number of anilines is 1. The van der Waals surface area contributed by atoms with Gasteiger partial charge < -0.3 is 19.8 Å². The fraction of sp³-hybridized carbons (Fsp3) is 0.667. The number of nitrogens with zero attached hydrogens (tertiary/aromatic N) is 3. The van der Waals surface area contributed by atoms with Crippen molar-refractivity contribution in [3.63, 3.8) is 0 Å². The van der Waals surface area contributed by atoms with Crippen LogP contribution < -0.4 is 4.90 Å². The highest BCUT2D eigenvalue weighted by Crippen LogP contribution is 2.25. The second-order valence-corrected chi connectivity index (χ2v) is 4.30. The molecule has 1 aliphatic heterocycles. The fourth-order valence-electron chi connectivity index (χ4n) is 2.11. The molecule has 1 aromatic rings. The van der Waals surface area contributed by atoms with Crippen LogP contribution in [-0.2, 0) is 4.74 Å². The third kappa shape index (κ3) is 3.16. The smallest absolute Gasteiger partial charge is 0.132 e. The van der Waals surface area contributed by atoms with Crippen LogP contribution in [-0.4, -0.2) is 59.7 Å². The van der Waals surface area contributed by atoms with E-state index in [0.29, 0.717) is 25.6 Å². The number of aliphatic hydroxyl groups is 2. The van der Waals surface area contributed by atoms with E-state index in [2.05, 4.69) is 9.97 Å². The topological polar surface area (TPSA) is 78.7 Å². The largest absolute Gasteiger partial charge is 0.395 e. The third-order valence-corrected chi connectivity index (χ3v) is 3.09. The van der Waals surface area contributed by atoms with Crippen molar-refractivity contribution in [2.75, 3.05) is 44.4 Å². The van der Waals surface area contributed by atoms with Gasteiger partial charge >= 0.3 is 0 Å². The first-order chi connectivity index (χ1) is 8.85.